The summed E-state index contributed by atoms with van der Waals surface area (Å²) in [7, 11) is 0. The number of nitrogens with zero attached hydrogens (tertiary/aromatic N) is 1. The third-order valence-corrected chi connectivity index (χ3v) is 2.62. The van der Waals surface area contributed by atoms with Crippen molar-refractivity contribution in [3.8, 4) is 5.75 Å². The number of ether oxygens (including phenoxy) is 1. The maximum Gasteiger partial charge on any atom is 0.422 e. The maximum absolute atomic E-state index is 12.2. The molecule has 0 amide bonds. The van der Waals surface area contributed by atoms with E-state index in [2.05, 4.69) is 0 Å². The van der Waals surface area contributed by atoms with Crippen LogP contribution in [0.5, 0.6) is 5.75 Å². The number of rotatable bonds is 7. The zero-order valence-electron chi connectivity index (χ0n) is 10.8. The van der Waals surface area contributed by atoms with Crippen molar-refractivity contribution in [2.75, 3.05) is 26.3 Å². The van der Waals surface area contributed by atoms with Crippen LogP contribution in [0.3, 0.4) is 0 Å². The van der Waals surface area contributed by atoms with Gasteiger partial charge in [0, 0.05) is 18.7 Å². The molecule has 0 atom stereocenters. The lowest BCUT2D eigenvalue weighted by Gasteiger charge is -2.21. The summed E-state index contributed by atoms with van der Waals surface area (Å²) in [5.74, 6) is 0.233. The number of likely N-dealkylation sites (N-methyl/N-ethyl adjacent to an activating group) is 1. The SMILES string of the molecule is CCN(CCO)Cc1ccccc1OCC(F)(F)F. The largest absolute Gasteiger partial charge is 0.484 e. The quantitative estimate of drug-likeness (QED) is 0.831. The summed E-state index contributed by atoms with van der Waals surface area (Å²) in [4.78, 5) is 1.93. The van der Waals surface area contributed by atoms with Crippen molar-refractivity contribution < 1.29 is 23.0 Å². The summed E-state index contributed by atoms with van der Waals surface area (Å²) < 4.78 is 41.3. The maximum atomic E-state index is 12.2. The van der Waals surface area contributed by atoms with Gasteiger partial charge < -0.3 is 9.84 Å². The van der Waals surface area contributed by atoms with Gasteiger partial charge in [0.15, 0.2) is 6.61 Å². The van der Waals surface area contributed by atoms with Gasteiger partial charge >= 0.3 is 6.18 Å². The van der Waals surface area contributed by atoms with Crippen LogP contribution in [-0.2, 0) is 6.54 Å². The Bertz CT molecular complexity index is 382. The number of aliphatic hydroxyl groups excluding tert-OH is 1. The van der Waals surface area contributed by atoms with Crippen LogP contribution < -0.4 is 4.74 Å². The van der Waals surface area contributed by atoms with Crippen LogP contribution in [0.25, 0.3) is 0 Å². The van der Waals surface area contributed by atoms with Gasteiger partial charge in [-0.05, 0) is 12.6 Å². The number of benzene rings is 1. The predicted molar refractivity (Wildman–Crippen MR) is 66.0 cm³/mol. The molecule has 0 saturated carbocycles. The third-order valence-electron chi connectivity index (χ3n) is 2.62. The topological polar surface area (TPSA) is 32.7 Å². The fourth-order valence-electron chi connectivity index (χ4n) is 1.67. The van der Waals surface area contributed by atoms with Gasteiger partial charge in [-0.2, -0.15) is 13.2 Å². The van der Waals surface area contributed by atoms with E-state index < -0.39 is 12.8 Å². The molecule has 108 valence electrons. The molecular weight excluding hydrogens is 259 g/mol. The summed E-state index contributed by atoms with van der Waals surface area (Å²) in [5, 5.41) is 8.90. The Hall–Kier alpha value is -1.27. The normalized spacial score (nSPS) is 11.9. The molecule has 3 nitrogen and oxygen atoms in total. The number of para-hydroxylation sites is 1. The molecule has 0 unspecified atom stereocenters. The molecule has 0 aliphatic rings. The fourth-order valence-corrected chi connectivity index (χ4v) is 1.67. The molecule has 0 heterocycles. The van der Waals surface area contributed by atoms with Crippen LogP contribution in [-0.4, -0.2) is 42.5 Å². The Morgan fingerprint density at radius 2 is 1.95 bits per heavy atom. The first kappa shape index (κ1) is 15.8. The Labute approximate surface area is 110 Å². The van der Waals surface area contributed by atoms with Gasteiger partial charge in [0.1, 0.15) is 5.75 Å². The van der Waals surface area contributed by atoms with Crippen LogP contribution in [0.4, 0.5) is 13.2 Å². The zero-order chi connectivity index (χ0) is 14.3. The molecule has 0 aliphatic heterocycles. The van der Waals surface area contributed by atoms with Crippen molar-refractivity contribution in [2.45, 2.75) is 19.6 Å². The average molecular weight is 277 g/mol. The second-order valence-corrected chi connectivity index (χ2v) is 4.10. The molecule has 0 aliphatic carbocycles. The number of hydrogen-bond donors (Lipinski definition) is 1. The lowest BCUT2D eigenvalue weighted by atomic mass is 10.2. The minimum absolute atomic E-state index is 0.0133. The van der Waals surface area contributed by atoms with Crippen molar-refractivity contribution >= 4 is 0 Å². The highest BCUT2D eigenvalue weighted by Gasteiger charge is 2.28. The summed E-state index contributed by atoms with van der Waals surface area (Å²) in [6.45, 7) is 2.27. The molecule has 1 aromatic carbocycles. The lowest BCUT2D eigenvalue weighted by molar-refractivity contribution is -0.153. The molecular formula is C13H18F3NO2. The van der Waals surface area contributed by atoms with Crippen LogP contribution in [0.15, 0.2) is 24.3 Å². The number of hydrogen-bond acceptors (Lipinski definition) is 3. The standard InChI is InChI=1S/C13H18F3NO2/c1-2-17(7-8-18)9-11-5-3-4-6-12(11)19-10-13(14,15)16/h3-6,18H,2,7-10H2,1H3. The van der Waals surface area contributed by atoms with Crippen molar-refractivity contribution in [2.24, 2.45) is 0 Å². The Morgan fingerprint density at radius 3 is 2.53 bits per heavy atom. The summed E-state index contributed by atoms with van der Waals surface area (Å²) in [6, 6.07) is 6.64. The van der Waals surface area contributed by atoms with E-state index in [1.807, 2.05) is 11.8 Å². The summed E-state index contributed by atoms with van der Waals surface area (Å²) in [5.41, 5.74) is 0.682. The van der Waals surface area contributed by atoms with Gasteiger partial charge in [-0.15, -0.1) is 0 Å². The van der Waals surface area contributed by atoms with E-state index >= 15 is 0 Å². The monoisotopic (exact) mass is 277 g/mol. The second-order valence-electron chi connectivity index (χ2n) is 4.10. The summed E-state index contributed by atoms with van der Waals surface area (Å²) in [6.07, 6.45) is -4.34. The molecule has 0 saturated heterocycles. The van der Waals surface area contributed by atoms with Gasteiger partial charge in [0.25, 0.3) is 0 Å². The Balaban J connectivity index is 2.72. The van der Waals surface area contributed by atoms with Crippen molar-refractivity contribution in [3.63, 3.8) is 0 Å². The van der Waals surface area contributed by atoms with Crippen molar-refractivity contribution in [3.05, 3.63) is 29.8 Å². The van der Waals surface area contributed by atoms with Gasteiger partial charge in [-0.1, -0.05) is 25.1 Å². The molecule has 0 bridgehead atoms. The van der Waals surface area contributed by atoms with E-state index in [-0.39, 0.29) is 12.4 Å². The molecule has 0 radical (unpaired) electrons. The number of alkyl halides is 3. The summed E-state index contributed by atoms with van der Waals surface area (Å²) >= 11 is 0. The molecule has 0 fully saturated rings. The van der Waals surface area contributed by atoms with E-state index in [9.17, 15) is 13.2 Å². The second kappa shape index (κ2) is 7.35. The fraction of sp³-hybridized carbons (Fsp3) is 0.538. The van der Waals surface area contributed by atoms with E-state index in [0.29, 0.717) is 25.2 Å². The minimum atomic E-state index is -4.34. The first-order valence-corrected chi connectivity index (χ1v) is 6.07. The van der Waals surface area contributed by atoms with Gasteiger partial charge in [-0.25, -0.2) is 0 Å². The van der Waals surface area contributed by atoms with Gasteiger partial charge in [0.2, 0.25) is 0 Å². The number of aliphatic hydroxyl groups is 1. The molecule has 19 heavy (non-hydrogen) atoms. The molecule has 1 rings (SSSR count). The van der Waals surface area contributed by atoms with Crippen LogP contribution >= 0.6 is 0 Å². The average Bonchev–Trinajstić information content (AvgIpc) is 2.36. The highest BCUT2D eigenvalue weighted by molar-refractivity contribution is 5.33. The highest BCUT2D eigenvalue weighted by Crippen LogP contribution is 2.23. The van der Waals surface area contributed by atoms with Crippen LogP contribution in [0.2, 0.25) is 0 Å². The van der Waals surface area contributed by atoms with Crippen LogP contribution in [0.1, 0.15) is 12.5 Å². The molecule has 1 aromatic rings. The number of halogens is 3. The van der Waals surface area contributed by atoms with Crippen LogP contribution in [0, 0.1) is 0 Å². The molecule has 0 spiro atoms. The predicted octanol–water partition coefficient (Wildman–Crippen LogP) is 2.44. The first-order valence-electron chi connectivity index (χ1n) is 6.07. The van der Waals surface area contributed by atoms with E-state index in [1.165, 1.54) is 6.07 Å². The Morgan fingerprint density at radius 1 is 1.26 bits per heavy atom. The zero-order valence-corrected chi connectivity index (χ0v) is 10.8. The van der Waals surface area contributed by atoms with E-state index in [0.717, 1.165) is 0 Å². The van der Waals surface area contributed by atoms with E-state index in [1.54, 1.807) is 18.2 Å². The van der Waals surface area contributed by atoms with E-state index in [4.69, 9.17) is 9.84 Å². The minimum Gasteiger partial charge on any atom is -0.484 e. The first-order chi connectivity index (χ1) is 8.96. The lowest BCUT2D eigenvalue weighted by Crippen LogP contribution is -2.26. The Kier molecular flexibility index (Phi) is 6.11. The molecule has 1 N–H and O–H groups in total. The van der Waals surface area contributed by atoms with Gasteiger partial charge in [0.05, 0.1) is 6.61 Å². The van der Waals surface area contributed by atoms with Crippen molar-refractivity contribution in [1.29, 1.82) is 0 Å². The van der Waals surface area contributed by atoms with Gasteiger partial charge in [-0.3, -0.25) is 4.90 Å². The van der Waals surface area contributed by atoms with Crippen molar-refractivity contribution in [1.82, 2.24) is 4.90 Å². The molecule has 6 heteroatoms. The third kappa shape index (κ3) is 5.94. The smallest absolute Gasteiger partial charge is 0.422 e. The molecule has 0 aromatic heterocycles. The highest BCUT2D eigenvalue weighted by atomic mass is 19.4.